The predicted molar refractivity (Wildman–Crippen MR) is 138 cm³/mol. The lowest BCUT2D eigenvalue weighted by Crippen LogP contribution is -2.32. The second-order valence-electron chi connectivity index (χ2n) is 9.08. The first-order valence-electron chi connectivity index (χ1n) is 11.8. The number of aryl methyl sites for hydroxylation is 1. The maximum Gasteiger partial charge on any atom is 0.231 e. The molecule has 0 radical (unpaired) electrons. The standard InChI is InChI=1S/C29H25ClN2O3/c1-3-32-16-20(23-6-4-5-7-25(23)32)13-26-27(33)24-12-21-15-31(14-19-8-10-22(30)11-9-19)17-34-28(21)18(2)29(24)35-26/h4-13,16H,3,14-15,17H2,1-2H3/b26-13-. The van der Waals surface area contributed by atoms with Gasteiger partial charge in [-0.25, -0.2) is 0 Å². The van der Waals surface area contributed by atoms with Crippen molar-refractivity contribution in [2.45, 2.75) is 33.5 Å². The number of fused-ring (bicyclic) bond motifs is 3. The van der Waals surface area contributed by atoms with Gasteiger partial charge in [0.25, 0.3) is 0 Å². The van der Waals surface area contributed by atoms with Crippen molar-refractivity contribution in [2.24, 2.45) is 0 Å². The van der Waals surface area contributed by atoms with Crippen LogP contribution in [-0.2, 0) is 19.6 Å². The summed E-state index contributed by atoms with van der Waals surface area (Å²) in [6.07, 6.45) is 3.94. The van der Waals surface area contributed by atoms with Gasteiger partial charge in [-0.3, -0.25) is 9.69 Å². The summed E-state index contributed by atoms with van der Waals surface area (Å²) in [5.74, 6) is 1.68. The highest BCUT2D eigenvalue weighted by atomic mass is 35.5. The molecule has 2 aliphatic rings. The molecular formula is C29H25ClN2O3. The van der Waals surface area contributed by atoms with E-state index in [-0.39, 0.29) is 5.78 Å². The van der Waals surface area contributed by atoms with Crippen LogP contribution < -0.4 is 9.47 Å². The van der Waals surface area contributed by atoms with Gasteiger partial charge < -0.3 is 14.0 Å². The average molecular weight is 485 g/mol. The second-order valence-corrected chi connectivity index (χ2v) is 9.52. The van der Waals surface area contributed by atoms with Gasteiger partial charge in [0.05, 0.1) is 5.56 Å². The largest absolute Gasteiger partial charge is 0.477 e. The van der Waals surface area contributed by atoms with E-state index in [1.54, 1.807) is 0 Å². The Morgan fingerprint density at radius 3 is 2.69 bits per heavy atom. The third kappa shape index (κ3) is 3.81. The molecule has 35 heavy (non-hydrogen) atoms. The zero-order valence-electron chi connectivity index (χ0n) is 19.7. The molecule has 6 heteroatoms. The number of benzene rings is 3. The molecule has 0 aliphatic carbocycles. The van der Waals surface area contributed by atoms with Gasteiger partial charge in [-0.15, -0.1) is 0 Å². The van der Waals surface area contributed by atoms with E-state index in [0.717, 1.165) is 57.0 Å². The van der Waals surface area contributed by atoms with E-state index in [1.807, 2.05) is 55.5 Å². The highest BCUT2D eigenvalue weighted by Crippen LogP contribution is 2.43. The summed E-state index contributed by atoms with van der Waals surface area (Å²) < 4.78 is 14.5. The fourth-order valence-corrected chi connectivity index (χ4v) is 5.16. The highest BCUT2D eigenvalue weighted by molar-refractivity contribution is 6.30. The van der Waals surface area contributed by atoms with E-state index in [2.05, 4.69) is 34.7 Å². The van der Waals surface area contributed by atoms with Crippen LogP contribution in [0.4, 0.5) is 0 Å². The van der Waals surface area contributed by atoms with Crippen LogP contribution in [0.15, 0.2) is 66.6 Å². The predicted octanol–water partition coefficient (Wildman–Crippen LogP) is 6.59. The maximum atomic E-state index is 13.4. The Balaban J connectivity index is 1.31. The van der Waals surface area contributed by atoms with Crippen molar-refractivity contribution in [3.63, 3.8) is 0 Å². The van der Waals surface area contributed by atoms with Crippen molar-refractivity contribution >= 4 is 34.4 Å². The third-order valence-electron chi connectivity index (χ3n) is 6.77. The number of para-hydroxylation sites is 1. The van der Waals surface area contributed by atoms with Gasteiger partial charge in [0.2, 0.25) is 5.78 Å². The molecule has 0 fully saturated rings. The fraction of sp³-hybridized carbons (Fsp3) is 0.207. The fourth-order valence-electron chi connectivity index (χ4n) is 5.04. The minimum Gasteiger partial charge on any atom is -0.477 e. The molecule has 176 valence electrons. The van der Waals surface area contributed by atoms with Gasteiger partial charge in [-0.1, -0.05) is 41.9 Å². The van der Waals surface area contributed by atoms with Crippen molar-refractivity contribution in [2.75, 3.05) is 6.73 Å². The van der Waals surface area contributed by atoms with E-state index >= 15 is 0 Å². The number of allylic oxidation sites excluding steroid dienone is 1. The number of hydrogen-bond acceptors (Lipinski definition) is 4. The highest BCUT2D eigenvalue weighted by Gasteiger charge is 2.33. The van der Waals surface area contributed by atoms with Gasteiger partial charge in [-0.2, -0.15) is 0 Å². The van der Waals surface area contributed by atoms with Gasteiger partial charge in [-0.05, 0) is 49.8 Å². The molecule has 5 nitrogen and oxygen atoms in total. The van der Waals surface area contributed by atoms with E-state index in [0.29, 0.717) is 30.3 Å². The number of aromatic nitrogens is 1. The molecule has 3 aromatic carbocycles. The molecule has 6 rings (SSSR count). The Morgan fingerprint density at radius 2 is 1.89 bits per heavy atom. The minimum atomic E-state index is -0.0888. The summed E-state index contributed by atoms with van der Waals surface area (Å²) in [6, 6.07) is 18.0. The summed E-state index contributed by atoms with van der Waals surface area (Å²) in [7, 11) is 0. The van der Waals surface area contributed by atoms with E-state index in [1.165, 1.54) is 0 Å². The van der Waals surface area contributed by atoms with Gasteiger partial charge >= 0.3 is 0 Å². The lowest BCUT2D eigenvalue weighted by atomic mass is 9.99. The number of hydrogen-bond donors (Lipinski definition) is 0. The van der Waals surface area contributed by atoms with Crippen LogP contribution in [0.5, 0.6) is 11.5 Å². The third-order valence-corrected chi connectivity index (χ3v) is 7.02. The first-order chi connectivity index (χ1) is 17.0. The van der Waals surface area contributed by atoms with Crippen molar-refractivity contribution < 1.29 is 14.3 Å². The van der Waals surface area contributed by atoms with Crippen LogP contribution in [-0.4, -0.2) is 22.0 Å². The zero-order chi connectivity index (χ0) is 24.1. The molecule has 0 saturated carbocycles. The molecule has 0 N–H and O–H groups in total. The Labute approximate surface area is 209 Å². The molecule has 0 atom stereocenters. The monoisotopic (exact) mass is 484 g/mol. The number of carbonyl (C=O) groups is 1. The Kier molecular flexibility index (Phi) is 5.39. The number of carbonyl (C=O) groups excluding carboxylic acids is 1. The zero-order valence-corrected chi connectivity index (χ0v) is 20.4. The van der Waals surface area contributed by atoms with Crippen molar-refractivity contribution in [3.05, 3.63) is 99.4 Å². The summed E-state index contributed by atoms with van der Waals surface area (Å²) in [6.45, 7) is 6.84. The molecule has 0 spiro atoms. The SMILES string of the molecule is CCn1cc(/C=C2\Oc3c(cc4c(c3C)OCN(Cc3ccc(Cl)cc3)C4)C2=O)c2ccccc21. The Morgan fingerprint density at radius 1 is 1.09 bits per heavy atom. The van der Waals surface area contributed by atoms with E-state index in [4.69, 9.17) is 21.1 Å². The van der Waals surface area contributed by atoms with E-state index < -0.39 is 0 Å². The average Bonchev–Trinajstić information content (AvgIpc) is 3.38. The van der Waals surface area contributed by atoms with E-state index in [9.17, 15) is 4.79 Å². The number of ketones is 1. The van der Waals surface area contributed by atoms with Crippen LogP contribution >= 0.6 is 11.6 Å². The molecule has 0 bridgehead atoms. The van der Waals surface area contributed by atoms with Crippen molar-refractivity contribution in [1.82, 2.24) is 9.47 Å². The maximum absolute atomic E-state index is 13.4. The summed E-state index contributed by atoms with van der Waals surface area (Å²) in [5, 5.41) is 1.83. The molecule has 0 saturated heterocycles. The van der Waals surface area contributed by atoms with Crippen LogP contribution in [0, 0.1) is 6.92 Å². The molecule has 0 amide bonds. The molecule has 1 aromatic heterocycles. The Hall–Kier alpha value is -3.54. The summed E-state index contributed by atoms with van der Waals surface area (Å²) >= 11 is 6.02. The number of ether oxygens (including phenoxy) is 2. The summed E-state index contributed by atoms with van der Waals surface area (Å²) in [4.78, 5) is 15.6. The van der Waals surface area contributed by atoms with Gasteiger partial charge in [0.15, 0.2) is 5.76 Å². The first-order valence-corrected chi connectivity index (χ1v) is 12.2. The topological polar surface area (TPSA) is 43.7 Å². The molecule has 4 aromatic rings. The van der Waals surface area contributed by atoms with Crippen LogP contribution in [0.25, 0.3) is 17.0 Å². The molecule has 0 unspecified atom stereocenters. The van der Waals surface area contributed by atoms with Crippen LogP contribution in [0.2, 0.25) is 5.02 Å². The van der Waals surface area contributed by atoms with Crippen molar-refractivity contribution in [3.8, 4) is 11.5 Å². The molecular weight excluding hydrogens is 460 g/mol. The Bertz CT molecular complexity index is 1500. The minimum absolute atomic E-state index is 0.0888. The lowest BCUT2D eigenvalue weighted by molar-refractivity contribution is 0.0876. The quantitative estimate of drug-likeness (QED) is 0.306. The second kappa shape index (κ2) is 8.59. The van der Waals surface area contributed by atoms with Crippen LogP contribution in [0.1, 0.15) is 39.5 Å². The number of rotatable bonds is 4. The number of nitrogens with zero attached hydrogens (tertiary/aromatic N) is 2. The number of Topliss-reactive ketones (excluding diaryl/α,β-unsaturated/α-hetero) is 1. The number of halogens is 1. The molecule has 3 heterocycles. The molecule has 2 aliphatic heterocycles. The normalized spacial score (nSPS) is 16.3. The van der Waals surface area contributed by atoms with Gasteiger partial charge in [0, 0.05) is 58.4 Å². The van der Waals surface area contributed by atoms with Crippen LogP contribution in [0.3, 0.4) is 0 Å². The smallest absolute Gasteiger partial charge is 0.231 e. The van der Waals surface area contributed by atoms with Gasteiger partial charge in [0.1, 0.15) is 18.2 Å². The first kappa shape index (κ1) is 22.0. The lowest BCUT2D eigenvalue weighted by Gasteiger charge is -2.30. The van der Waals surface area contributed by atoms with Crippen molar-refractivity contribution in [1.29, 1.82) is 0 Å². The summed E-state index contributed by atoms with van der Waals surface area (Å²) in [5.41, 5.74) is 5.76.